The van der Waals surface area contributed by atoms with E-state index >= 15 is 0 Å². The lowest BCUT2D eigenvalue weighted by Crippen LogP contribution is -1.98. The molecule has 3 nitrogen and oxygen atoms in total. The van der Waals surface area contributed by atoms with Crippen molar-refractivity contribution in [2.45, 2.75) is 0 Å². The number of fused-ring (bicyclic) bond motifs is 2. The summed E-state index contributed by atoms with van der Waals surface area (Å²) in [7, 11) is 0. The van der Waals surface area contributed by atoms with E-state index in [1.54, 1.807) is 17.4 Å². The van der Waals surface area contributed by atoms with Gasteiger partial charge in [-0.2, -0.15) is 0 Å². The Bertz CT molecular complexity index is 702. The van der Waals surface area contributed by atoms with Crippen molar-refractivity contribution < 1.29 is 0 Å². The highest BCUT2D eigenvalue weighted by Gasteiger charge is 2.06. The minimum Gasteiger partial charge on any atom is -0.399 e. The van der Waals surface area contributed by atoms with Gasteiger partial charge in [-0.05, 0) is 36.4 Å². The van der Waals surface area contributed by atoms with E-state index in [-0.39, 0.29) is 0 Å². The Kier molecular flexibility index (Phi) is 1.91. The Balaban J connectivity index is 2.45. The number of nitrogens with zero attached hydrogens (tertiary/aromatic N) is 1. The van der Waals surface area contributed by atoms with Crippen molar-refractivity contribution in [3.05, 3.63) is 41.8 Å². The SMILES string of the molecule is N=c1ccc2nc3cc(N)ccc3sc-2c1. The molecule has 0 fully saturated rings. The lowest BCUT2D eigenvalue weighted by molar-refractivity contribution is 1.27. The van der Waals surface area contributed by atoms with E-state index in [4.69, 9.17) is 11.1 Å². The van der Waals surface area contributed by atoms with Crippen LogP contribution in [0.1, 0.15) is 0 Å². The van der Waals surface area contributed by atoms with Crippen molar-refractivity contribution in [2.24, 2.45) is 0 Å². The first-order chi connectivity index (χ1) is 7.72. The molecular weight excluding hydrogens is 218 g/mol. The van der Waals surface area contributed by atoms with Crippen LogP contribution in [0.25, 0.3) is 20.8 Å². The molecule has 1 aliphatic carbocycles. The maximum Gasteiger partial charge on any atom is 0.0830 e. The number of rotatable bonds is 0. The van der Waals surface area contributed by atoms with Gasteiger partial charge in [0.1, 0.15) is 0 Å². The summed E-state index contributed by atoms with van der Waals surface area (Å²) in [6.07, 6.45) is 0. The molecule has 16 heavy (non-hydrogen) atoms. The van der Waals surface area contributed by atoms with Crippen LogP contribution in [-0.2, 0) is 0 Å². The number of hydrogen-bond acceptors (Lipinski definition) is 4. The van der Waals surface area contributed by atoms with E-state index in [2.05, 4.69) is 4.98 Å². The molecule has 0 aromatic heterocycles. The van der Waals surface area contributed by atoms with Crippen LogP contribution in [0.3, 0.4) is 0 Å². The summed E-state index contributed by atoms with van der Waals surface area (Å²) >= 11 is 1.64. The monoisotopic (exact) mass is 227 g/mol. The van der Waals surface area contributed by atoms with Gasteiger partial charge in [-0.15, -0.1) is 11.3 Å². The zero-order valence-electron chi connectivity index (χ0n) is 8.40. The first-order valence-electron chi connectivity index (χ1n) is 4.87. The second-order valence-corrected chi connectivity index (χ2v) is 4.71. The number of aromatic nitrogens is 1. The molecular formula is C12H9N3S. The number of hydrogen-bond donors (Lipinski definition) is 2. The zero-order chi connectivity index (χ0) is 11.1. The maximum atomic E-state index is 7.58. The summed E-state index contributed by atoms with van der Waals surface area (Å²) in [5.41, 5.74) is 8.28. The fraction of sp³-hybridized carbons (Fsp3) is 0. The van der Waals surface area contributed by atoms with E-state index in [0.717, 1.165) is 26.5 Å². The number of nitrogen functional groups attached to an aromatic ring is 1. The average molecular weight is 227 g/mol. The minimum atomic E-state index is 0.514. The Hall–Kier alpha value is -1.94. The molecule has 0 saturated carbocycles. The van der Waals surface area contributed by atoms with Gasteiger partial charge < -0.3 is 11.1 Å². The Morgan fingerprint density at radius 2 is 2.00 bits per heavy atom. The molecule has 0 radical (unpaired) electrons. The Morgan fingerprint density at radius 1 is 1.12 bits per heavy atom. The predicted molar refractivity (Wildman–Crippen MR) is 66.5 cm³/mol. The standard InChI is InChI=1S/C12H9N3S/c13-7-2-4-11-10(5-7)15-9-3-1-8(14)6-12(9)16-11/h1-6,14H,13H2. The maximum absolute atomic E-state index is 7.58. The summed E-state index contributed by atoms with van der Waals surface area (Å²) < 4.78 is 1.09. The van der Waals surface area contributed by atoms with Crippen LogP contribution in [0.2, 0.25) is 0 Å². The molecule has 3 N–H and O–H groups in total. The molecule has 0 spiro atoms. The van der Waals surface area contributed by atoms with Crippen LogP contribution in [0.15, 0.2) is 36.4 Å². The van der Waals surface area contributed by atoms with Crippen LogP contribution < -0.4 is 11.1 Å². The quantitative estimate of drug-likeness (QED) is 0.457. The van der Waals surface area contributed by atoms with Gasteiger partial charge in [-0.25, -0.2) is 4.98 Å². The van der Waals surface area contributed by atoms with Crippen LogP contribution in [0.5, 0.6) is 0 Å². The number of nitrogens with one attached hydrogen (secondary N) is 1. The summed E-state index contributed by atoms with van der Waals surface area (Å²) in [5, 5.41) is 8.09. The van der Waals surface area contributed by atoms with Crippen LogP contribution in [-0.4, -0.2) is 4.98 Å². The largest absolute Gasteiger partial charge is 0.399 e. The van der Waals surface area contributed by atoms with Gasteiger partial charge in [0.15, 0.2) is 0 Å². The third kappa shape index (κ3) is 1.44. The molecule has 78 valence electrons. The van der Waals surface area contributed by atoms with Crippen molar-refractivity contribution in [2.75, 3.05) is 5.73 Å². The van der Waals surface area contributed by atoms with Gasteiger partial charge in [-0.3, -0.25) is 0 Å². The average Bonchev–Trinajstić information content (AvgIpc) is 2.26. The fourth-order valence-electron chi connectivity index (χ4n) is 1.64. The van der Waals surface area contributed by atoms with Crippen molar-refractivity contribution in [1.29, 1.82) is 5.41 Å². The first kappa shape index (κ1) is 9.30. The Morgan fingerprint density at radius 3 is 2.88 bits per heavy atom. The molecule has 0 saturated heterocycles. The molecule has 0 atom stereocenters. The molecule has 1 heterocycles. The van der Waals surface area contributed by atoms with E-state index in [1.165, 1.54) is 0 Å². The second kappa shape index (κ2) is 3.28. The molecule has 1 aromatic carbocycles. The summed E-state index contributed by atoms with van der Waals surface area (Å²) in [6.45, 7) is 0. The Labute approximate surface area is 96.0 Å². The summed E-state index contributed by atoms with van der Waals surface area (Å²) in [4.78, 5) is 5.56. The number of anilines is 1. The molecule has 1 aromatic rings. The van der Waals surface area contributed by atoms with Crippen LogP contribution in [0.4, 0.5) is 5.69 Å². The normalized spacial score (nSPS) is 11.0. The molecule has 0 unspecified atom stereocenters. The second-order valence-electron chi connectivity index (χ2n) is 3.62. The van der Waals surface area contributed by atoms with Gasteiger partial charge >= 0.3 is 0 Å². The molecule has 2 aliphatic rings. The molecule has 0 amide bonds. The highest BCUT2D eigenvalue weighted by atomic mass is 32.1. The first-order valence-corrected chi connectivity index (χ1v) is 5.69. The smallest absolute Gasteiger partial charge is 0.0830 e. The topological polar surface area (TPSA) is 62.8 Å². The molecule has 0 bridgehead atoms. The van der Waals surface area contributed by atoms with Gasteiger partial charge in [-0.1, -0.05) is 0 Å². The van der Waals surface area contributed by atoms with Crippen molar-refractivity contribution in [1.82, 2.24) is 4.98 Å². The predicted octanol–water partition coefficient (Wildman–Crippen LogP) is 2.46. The lowest BCUT2D eigenvalue weighted by Gasteiger charge is -2.05. The van der Waals surface area contributed by atoms with Gasteiger partial charge in [0.05, 0.1) is 26.1 Å². The van der Waals surface area contributed by atoms with E-state index in [9.17, 15) is 0 Å². The van der Waals surface area contributed by atoms with Crippen molar-refractivity contribution in [3.8, 4) is 10.6 Å². The lowest BCUT2D eigenvalue weighted by atomic mass is 10.2. The van der Waals surface area contributed by atoms with E-state index < -0.39 is 0 Å². The van der Waals surface area contributed by atoms with Crippen molar-refractivity contribution >= 4 is 27.2 Å². The fourth-order valence-corrected chi connectivity index (χ4v) is 2.63. The van der Waals surface area contributed by atoms with Gasteiger partial charge in [0, 0.05) is 5.69 Å². The van der Waals surface area contributed by atoms with Crippen LogP contribution in [0, 0.1) is 5.41 Å². The number of nitrogens with two attached hydrogens (primary N) is 1. The molecule has 3 rings (SSSR count). The van der Waals surface area contributed by atoms with E-state index in [1.807, 2.05) is 30.3 Å². The van der Waals surface area contributed by atoms with E-state index in [0.29, 0.717) is 5.36 Å². The molecule has 4 heteroatoms. The zero-order valence-corrected chi connectivity index (χ0v) is 9.21. The summed E-state index contributed by atoms with van der Waals surface area (Å²) in [5.74, 6) is 0. The highest BCUT2D eigenvalue weighted by molar-refractivity contribution is 7.21. The third-order valence-corrected chi connectivity index (χ3v) is 3.52. The van der Waals surface area contributed by atoms with Crippen molar-refractivity contribution in [3.63, 3.8) is 0 Å². The van der Waals surface area contributed by atoms with Crippen LogP contribution >= 0.6 is 11.3 Å². The number of benzene rings is 2. The van der Waals surface area contributed by atoms with Gasteiger partial charge in [0.25, 0.3) is 0 Å². The summed E-state index contributed by atoms with van der Waals surface area (Å²) in [6, 6.07) is 11.2. The highest BCUT2D eigenvalue weighted by Crippen LogP contribution is 2.29. The third-order valence-electron chi connectivity index (χ3n) is 2.40. The van der Waals surface area contributed by atoms with Gasteiger partial charge in [0.2, 0.25) is 0 Å². The minimum absolute atomic E-state index is 0.514. The molecule has 1 aliphatic heterocycles.